The normalized spacial score (nSPS) is 17.1. The minimum Gasteiger partial charge on any atom is -0.369 e. The first kappa shape index (κ1) is 20.4. The van der Waals surface area contributed by atoms with Gasteiger partial charge in [-0.1, -0.05) is 18.2 Å². The molecule has 1 fully saturated rings. The summed E-state index contributed by atoms with van der Waals surface area (Å²) in [6.45, 7) is 3.10. The summed E-state index contributed by atoms with van der Waals surface area (Å²) in [5.74, 6) is 0.495. The lowest BCUT2D eigenvalue weighted by Gasteiger charge is -2.32. The molecule has 1 aliphatic heterocycles. The van der Waals surface area contributed by atoms with E-state index in [2.05, 4.69) is 25.9 Å². The molecule has 3 aromatic rings. The fourth-order valence-electron chi connectivity index (χ4n) is 3.51. The average molecular weight is 407 g/mol. The molecule has 0 unspecified atom stereocenters. The predicted octanol–water partition coefficient (Wildman–Crippen LogP) is 3.24. The van der Waals surface area contributed by atoms with E-state index < -0.39 is 0 Å². The van der Waals surface area contributed by atoms with Crippen LogP contribution >= 0.6 is 0 Å². The molecule has 3 heterocycles. The summed E-state index contributed by atoms with van der Waals surface area (Å²) in [6, 6.07) is 10.7. The van der Waals surface area contributed by atoms with Crippen molar-refractivity contribution in [1.82, 2.24) is 19.9 Å². The Morgan fingerprint density at radius 2 is 1.67 bits per heavy atom. The lowest BCUT2D eigenvalue weighted by atomic mass is 10.1. The molecule has 0 N–H and O–H groups in total. The first-order valence-corrected chi connectivity index (χ1v) is 10.1. The SMILES string of the molecule is CN(C)c1ncc(CN2CCO[C@@H](c3ccc(Cc4ccc(F)cc4)cn3)C2)cn1. The van der Waals surface area contributed by atoms with Crippen LogP contribution in [0.3, 0.4) is 0 Å². The van der Waals surface area contributed by atoms with Crippen LogP contribution in [0.2, 0.25) is 0 Å². The first-order valence-electron chi connectivity index (χ1n) is 10.1. The second-order valence-corrected chi connectivity index (χ2v) is 7.77. The Balaban J connectivity index is 1.36. The monoisotopic (exact) mass is 407 g/mol. The summed E-state index contributed by atoms with van der Waals surface area (Å²) in [5, 5.41) is 0. The van der Waals surface area contributed by atoms with E-state index in [1.165, 1.54) is 12.1 Å². The predicted molar refractivity (Wildman–Crippen MR) is 114 cm³/mol. The van der Waals surface area contributed by atoms with Crippen LogP contribution in [0.25, 0.3) is 0 Å². The Hall–Kier alpha value is -2.90. The van der Waals surface area contributed by atoms with E-state index in [-0.39, 0.29) is 11.9 Å². The number of anilines is 1. The van der Waals surface area contributed by atoms with Gasteiger partial charge < -0.3 is 9.64 Å². The van der Waals surface area contributed by atoms with Crippen LogP contribution in [0, 0.1) is 5.82 Å². The number of pyridine rings is 1. The zero-order chi connectivity index (χ0) is 20.9. The van der Waals surface area contributed by atoms with Crippen LogP contribution in [-0.4, -0.2) is 53.6 Å². The van der Waals surface area contributed by atoms with Crippen LogP contribution in [-0.2, 0) is 17.7 Å². The van der Waals surface area contributed by atoms with E-state index in [4.69, 9.17) is 4.74 Å². The molecule has 4 rings (SSSR count). The maximum Gasteiger partial charge on any atom is 0.224 e. The third-order valence-electron chi connectivity index (χ3n) is 5.15. The number of aromatic nitrogens is 3. The topological polar surface area (TPSA) is 54.4 Å². The summed E-state index contributed by atoms with van der Waals surface area (Å²) in [6.07, 6.45) is 6.33. The molecular formula is C23H26FN5O. The minimum atomic E-state index is -0.216. The highest BCUT2D eigenvalue weighted by molar-refractivity contribution is 5.27. The minimum absolute atomic E-state index is 0.0550. The van der Waals surface area contributed by atoms with Gasteiger partial charge in [0.05, 0.1) is 12.3 Å². The molecule has 6 nitrogen and oxygen atoms in total. The van der Waals surface area contributed by atoms with Crippen LogP contribution in [0.1, 0.15) is 28.5 Å². The van der Waals surface area contributed by atoms with Gasteiger partial charge >= 0.3 is 0 Å². The highest BCUT2D eigenvalue weighted by atomic mass is 19.1. The van der Waals surface area contributed by atoms with E-state index in [1.807, 2.05) is 43.7 Å². The van der Waals surface area contributed by atoms with Crippen LogP contribution in [0.4, 0.5) is 10.3 Å². The van der Waals surface area contributed by atoms with E-state index in [9.17, 15) is 4.39 Å². The van der Waals surface area contributed by atoms with Gasteiger partial charge in [-0.05, 0) is 35.7 Å². The van der Waals surface area contributed by atoms with Crippen molar-refractivity contribution in [3.63, 3.8) is 0 Å². The lowest BCUT2D eigenvalue weighted by Crippen LogP contribution is -2.38. The zero-order valence-corrected chi connectivity index (χ0v) is 17.3. The van der Waals surface area contributed by atoms with Crippen molar-refractivity contribution in [1.29, 1.82) is 0 Å². The lowest BCUT2D eigenvalue weighted by molar-refractivity contribution is -0.0350. The molecule has 1 aromatic carbocycles. The third kappa shape index (κ3) is 5.17. The molecule has 1 aliphatic rings. The standard InChI is InChI=1S/C23H26FN5O/c1-28(2)23-26-13-19(14-27-23)15-29-9-10-30-22(16-29)21-8-5-18(12-25-21)11-17-3-6-20(24)7-4-17/h3-8,12-14,22H,9-11,15-16H2,1-2H3/t22-/m1/s1. The first-order chi connectivity index (χ1) is 14.6. The molecule has 1 atom stereocenters. The molecule has 156 valence electrons. The molecule has 1 saturated heterocycles. The van der Waals surface area contributed by atoms with Gasteiger partial charge in [-0.15, -0.1) is 0 Å². The van der Waals surface area contributed by atoms with E-state index in [1.54, 1.807) is 12.1 Å². The van der Waals surface area contributed by atoms with Crippen molar-refractivity contribution in [3.8, 4) is 0 Å². The molecule has 7 heteroatoms. The van der Waals surface area contributed by atoms with Crippen molar-refractivity contribution < 1.29 is 9.13 Å². The molecule has 0 bridgehead atoms. The zero-order valence-electron chi connectivity index (χ0n) is 17.3. The van der Waals surface area contributed by atoms with Gasteiger partial charge in [0.2, 0.25) is 5.95 Å². The number of hydrogen-bond donors (Lipinski definition) is 0. The second kappa shape index (κ2) is 9.28. The van der Waals surface area contributed by atoms with Gasteiger partial charge in [0.15, 0.2) is 0 Å². The molecule has 30 heavy (non-hydrogen) atoms. The van der Waals surface area contributed by atoms with Crippen LogP contribution in [0.15, 0.2) is 55.0 Å². The Morgan fingerprint density at radius 3 is 2.33 bits per heavy atom. The Bertz CT molecular complexity index is 945. The Labute approximate surface area is 176 Å². The second-order valence-electron chi connectivity index (χ2n) is 7.77. The third-order valence-corrected chi connectivity index (χ3v) is 5.15. The molecular weight excluding hydrogens is 381 g/mol. The van der Waals surface area contributed by atoms with Crippen LogP contribution < -0.4 is 4.90 Å². The summed E-state index contributed by atoms with van der Waals surface area (Å²) < 4.78 is 19.0. The van der Waals surface area contributed by atoms with Gasteiger partial charge in [0.25, 0.3) is 0 Å². The summed E-state index contributed by atoms with van der Waals surface area (Å²) in [7, 11) is 3.86. The number of morpholine rings is 1. The van der Waals surface area contributed by atoms with Crippen molar-refractivity contribution in [2.75, 3.05) is 38.7 Å². The van der Waals surface area contributed by atoms with Crippen molar-refractivity contribution >= 4 is 5.95 Å². The number of ether oxygens (including phenoxy) is 1. The summed E-state index contributed by atoms with van der Waals surface area (Å²) in [5.41, 5.74) is 4.18. The van der Waals surface area contributed by atoms with Gasteiger partial charge in [0, 0.05) is 57.9 Å². The number of nitrogens with zero attached hydrogens (tertiary/aromatic N) is 5. The van der Waals surface area contributed by atoms with E-state index in [0.29, 0.717) is 12.6 Å². The molecule has 2 aromatic heterocycles. The Morgan fingerprint density at radius 1 is 0.967 bits per heavy atom. The van der Waals surface area contributed by atoms with Crippen molar-refractivity contribution in [2.45, 2.75) is 19.1 Å². The average Bonchev–Trinajstić information content (AvgIpc) is 2.76. The number of benzene rings is 1. The van der Waals surface area contributed by atoms with Crippen molar-refractivity contribution in [3.05, 3.63) is 83.2 Å². The highest BCUT2D eigenvalue weighted by Crippen LogP contribution is 2.22. The largest absolute Gasteiger partial charge is 0.369 e. The maximum atomic E-state index is 13.1. The quantitative estimate of drug-likeness (QED) is 0.625. The smallest absolute Gasteiger partial charge is 0.224 e. The fraction of sp³-hybridized carbons (Fsp3) is 0.348. The Kier molecular flexibility index (Phi) is 6.30. The molecule has 0 radical (unpaired) electrons. The fourth-order valence-corrected chi connectivity index (χ4v) is 3.51. The number of rotatable bonds is 6. The molecule has 0 spiro atoms. The molecule has 0 saturated carbocycles. The number of hydrogen-bond acceptors (Lipinski definition) is 6. The highest BCUT2D eigenvalue weighted by Gasteiger charge is 2.23. The van der Waals surface area contributed by atoms with E-state index >= 15 is 0 Å². The van der Waals surface area contributed by atoms with Crippen molar-refractivity contribution in [2.24, 2.45) is 0 Å². The summed E-state index contributed by atoms with van der Waals surface area (Å²) >= 11 is 0. The maximum absolute atomic E-state index is 13.1. The molecule has 0 aliphatic carbocycles. The van der Waals surface area contributed by atoms with Gasteiger partial charge in [-0.2, -0.15) is 0 Å². The van der Waals surface area contributed by atoms with Crippen LogP contribution in [0.5, 0.6) is 0 Å². The van der Waals surface area contributed by atoms with Gasteiger partial charge in [0.1, 0.15) is 11.9 Å². The molecule has 0 amide bonds. The van der Waals surface area contributed by atoms with E-state index in [0.717, 1.165) is 48.4 Å². The number of halogens is 1. The summed E-state index contributed by atoms with van der Waals surface area (Å²) in [4.78, 5) is 17.7. The van der Waals surface area contributed by atoms with Gasteiger partial charge in [-0.3, -0.25) is 9.88 Å². The van der Waals surface area contributed by atoms with Gasteiger partial charge in [-0.25, -0.2) is 14.4 Å².